The third-order valence-electron chi connectivity index (χ3n) is 20.9. The van der Waals surface area contributed by atoms with Crippen molar-refractivity contribution in [2.24, 2.45) is 11.8 Å². The number of unbranched alkanes of at least 4 members (excludes halogenated alkanes) is 7. The molecule has 0 spiro atoms. The van der Waals surface area contributed by atoms with E-state index in [1.54, 1.807) is 26.0 Å². The number of hydrogen-bond acceptors (Lipinski definition) is 15. The number of carbonyl (C=O) groups excluding carboxylic acids is 11. The quantitative estimate of drug-likeness (QED) is 0.0215. The van der Waals surface area contributed by atoms with Crippen molar-refractivity contribution in [3.63, 3.8) is 0 Å². The molecule has 6 fully saturated rings. The second kappa shape index (κ2) is 80.0. The molecule has 121 heavy (non-hydrogen) atoms. The minimum Gasteiger partial charge on any atom is -0.466 e. The van der Waals surface area contributed by atoms with E-state index in [1.807, 2.05) is 53.5 Å². The number of halogens is 4. The third-order valence-corrected chi connectivity index (χ3v) is 20.9. The molecule has 6 aliphatic rings. The van der Waals surface area contributed by atoms with Crippen LogP contribution >= 0.6 is 0 Å². The molecule has 1 saturated heterocycles. The van der Waals surface area contributed by atoms with Gasteiger partial charge in [-0.2, -0.15) is 0 Å². The molecule has 0 aromatic heterocycles. The standard InChI is InChI=1S/C19H32N2O3.C15H26N2O3.C8H14F2O.2C8H17NO.C8H16O.C7H13F2NO.C7H15NO.C7H14O2.C7H14O/c1-3-12-21(15-6-7-15)17(22)13-19(20-18(23)14-4-5-14)10-8-16(24-2)9-11-19;1-3-8-17(13-4-5-13)14(19)11-15(16-12(2)18)6-9-20-10-7-15;1-2-3-4-7(11)5-6-8(9)10;1-4-6-7-9(3)8(10)5-2;1-3-5-7-9-8(10)6-4-2;1-3-5-7-8(9)6-4-2;1-2-3-4-10-7(11)5-6(8)9;1-3-5-6-8-7(9)4-2;1-3-5-6-9-7(8)4-2;1-3-4-6-5-7(6)8-2/h14-16H,3-13H2,1-2H3,(H,20,23);13H,3-11H2,1-2H3,(H,16,18);8H,2-6H2,1H3;4-7H2,1-3H3;3-7H2,1-2H3,(H,9,10);3-7H2,1-2H3;6H,2-5H2,1H3,(H,10,11);3-6H2,1-2H3,(H,8,9);3-6H2,1-2H3;6-7H,3-5H2,1-2H3. The van der Waals surface area contributed by atoms with E-state index in [0.29, 0.717) is 95.3 Å². The van der Waals surface area contributed by atoms with Crippen LogP contribution in [0.1, 0.15) is 400 Å². The Morgan fingerprint density at radius 3 is 1.28 bits per heavy atom. The molecule has 23 nitrogen and oxygen atoms in total. The highest BCUT2D eigenvalue weighted by atomic mass is 19.3. The Kier molecular flexibility index (Phi) is 80.3. The molecule has 1 aliphatic heterocycles. The molecule has 0 aromatic rings. The van der Waals surface area contributed by atoms with Crippen molar-refractivity contribution in [1.29, 1.82) is 0 Å². The summed E-state index contributed by atoms with van der Waals surface area (Å²) >= 11 is 0. The fraction of sp³-hybridized carbons (Fsp3) is 0.883. The first-order valence-corrected chi connectivity index (χ1v) is 47.4. The Morgan fingerprint density at radius 1 is 0.446 bits per heavy atom. The maximum absolute atomic E-state index is 12.9. The van der Waals surface area contributed by atoms with E-state index in [-0.39, 0.29) is 83.5 Å². The highest BCUT2D eigenvalue weighted by molar-refractivity contribution is 5.84. The van der Waals surface area contributed by atoms with E-state index < -0.39 is 30.7 Å². The van der Waals surface area contributed by atoms with Crippen molar-refractivity contribution in [3.05, 3.63) is 0 Å². The Morgan fingerprint density at radius 2 is 0.909 bits per heavy atom. The van der Waals surface area contributed by atoms with Gasteiger partial charge in [0.2, 0.25) is 60.1 Å². The smallest absolute Gasteiger partial charge is 0.305 e. The normalized spacial score (nSPS) is 17.3. The number of carbonyl (C=O) groups is 11. The summed E-state index contributed by atoms with van der Waals surface area (Å²) in [6.07, 6.45) is 34.4. The first kappa shape index (κ1) is 121. The van der Waals surface area contributed by atoms with Gasteiger partial charge in [-0.25, -0.2) is 17.6 Å². The number of nitrogens with one attached hydrogen (secondary N) is 5. The molecule has 2 unspecified atom stereocenters. The predicted octanol–water partition coefficient (Wildman–Crippen LogP) is 19.2. The van der Waals surface area contributed by atoms with Gasteiger partial charge in [-0.3, -0.25) is 52.7 Å². The van der Waals surface area contributed by atoms with Crippen molar-refractivity contribution in [2.45, 2.75) is 448 Å². The minimum atomic E-state index is -2.53. The van der Waals surface area contributed by atoms with Crippen molar-refractivity contribution in [3.8, 4) is 0 Å². The van der Waals surface area contributed by atoms with Crippen molar-refractivity contribution in [1.82, 2.24) is 41.3 Å². The van der Waals surface area contributed by atoms with Crippen LogP contribution in [0, 0.1) is 11.8 Å². The number of methoxy groups -OCH3 is 2. The summed E-state index contributed by atoms with van der Waals surface area (Å²) in [5, 5.41) is 14.3. The number of amides is 8. The van der Waals surface area contributed by atoms with E-state index in [9.17, 15) is 70.3 Å². The lowest BCUT2D eigenvalue weighted by Crippen LogP contribution is -2.55. The van der Waals surface area contributed by atoms with Gasteiger partial charge in [0.05, 0.1) is 37.2 Å². The number of esters is 1. The number of ketones is 2. The lowest BCUT2D eigenvalue weighted by molar-refractivity contribution is -0.143. The highest BCUT2D eigenvalue weighted by Crippen LogP contribution is 2.39. The maximum atomic E-state index is 12.9. The van der Waals surface area contributed by atoms with Crippen LogP contribution in [0.15, 0.2) is 0 Å². The monoisotopic (exact) mass is 1740 g/mol. The Balaban J connectivity index is -0.000000646. The van der Waals surface area contributed by atoms with Crippen LogP contribution in [0.4, 0.5) is 17.6 Å². The molecular weight excluding hydrogens is 1560 g/mol. The molecule has 712 valence electrons. The van der Waals surface area contributed by atoms with Gasteiger partial charge in [-0.1, -0.05) is 155 Å². The maximum Gasteiger partial charge on any atom is 0.305 e. The van der Waals surface area contributed by atoms with Gasteiger partial charge in [0.15, 0.2) is 0 Å². The molecule has 2 atom stereocenters. The summed E-state index contributed by atoms with van der Waals surface area (Å²) in [7, 11) is 5.42. The van der Waals surface area contributed by atoms with Crippen LogP contribution in [0.5, 0.6) is 0 Å². The van der Waals surface area contributed by atoms with Gasteiger partial charge in [0, 0.05) is 168 Å². The molecule has 5 N–H and O–H groups in total. The molecular formula is C94H178F4N8O15. The molecule has 0 aromatic carbocycles. The van der Waals surface area contributed by atoms with E-state index in [4.69, 9.17) is 18.9 Å². The van der Waals surface area contributed by atoms with E-state index in [0.717, 1.165) is 244 Å². The third kappa shape index (κ3) is 72.1. The van der Waals surface area contributed by atoms with E-state index >= 15 is 0 Å². The fourth-order valence-corrected chi connectivity index (χ4v) is 12.8. The largest absolute Gasteiger partial charge is 0.466 e. The number of rotatable bonds is 50. The molecule has 1 heterocycles. The zero-order valence-electron chi connectivity index (χ0n) is 79.8. The SMILES string of the molecule is CCCC1CC1OC.CCCCC(=O)CCC.CCCCC(=O)CCC(F)F.CCCCN(C)C(=O)CC.CCCCNC(=O)CC.CCCCNC(=O)CC(F)F.CCCCNC(=O)CCC.CCCCOC(=O)CC.CCCN(C(=O)CC1(NC(=O)C2CC2)CCC(OC)CC1)C1CC1.CCCN(C(=O)CC1(NC(C)=O)CCOCC1)C1CC1. The van der Waals surface area contributed by atoms with Crippen LogP contribution in [0.25, 0.3) is 0 Å². The lowest BCUT2D eigenvalue weighted by atomic mass is 9.77. The van der Waals surface area contributed by atoms with Crippen molar-refractivity contribution in [2.75, 3.05) is 80.4 Å². The summed E-state index contributed by atoms with van der Waals surface area (Å²) in [6, 6.07) is 0.889. The molecule has 27 heteroatoms. The Hall–Kier alpha value is -5.83. The summed E-state index contributed by atoms with van der Waals surface area (Å²) in [6.45, 7) is 38.6. The number of alkyl halides is 4. The fourth-order valence-electron chi connectivity index (χ4n) is 12.8. The number of Topliss-reactive ketones (excluding diaryl/α,β-unsaturated/α-hetero) is 2. The minimum absolute atomic E-state index is 0.0350. The van der Waals surface area contributed by atoms with Gasteiger partial charge in [0.1, 0.15) is 11.6 Å². The summed E-state index contributed by atoms with van der Waals surface area (Å²) in [4.78, 5) is 130. The zero-order chi connectivity index (χ0) is 92.2. The topological polar surface area (TPSA) is 295 Å². The van der Waals surface area contributed by atoms with Gasteiger partial charge < -0.3 is 60.2 Å². The van der Waals surface area contributed by atoms with Crippen LogP contribution in [-0.4, -0.2) is 208 Å². The summed E-state index contributed by atoms with van der Waals surface area (Å²) < 4.78 is 67.0. The lowest BCUT2D eigenvalue weighted by Gasteiger charge is -2.41. The van der Waals surface area contributed by atoms with E-state index in [1.165, 1.54) is 26.2 Å². The number of nitrogens with zero attached hydrogens (tertiary/aromatic N) is 3. The molecule has 5 saturated carbocycles. The highest BCUT2D eigenvalue weighted by Gasteiger charge is 2.45. The second-order valence-corrected chi connectivity index (χ2v) is 32.8. The van der Waals surface area contributed by atoms with Crippen LogP contribution < -0.4 is 26.6 Å². The van der Waals surface area contributed by atoms with Gasteiger partial charge in [0.25, 0.3) is 0 Å². The number of hydrogen-bond donors (Lipinski definition) is 5. The summed E-state index contributed by atoms with van der Waals surface area (Å²) in [5.74, 6) is 1.94. The Bertz CT molecular complexity index is 2620. The van der Waals surface area contributed by atoms with Gasteiger partial charge in [-0.05, 0) is 166 Å². The second-order valence-electron chi connectivity index (χ2n) is 32.8. The van der Waals surface area contributed by atoms with E-state index in [2.05, 4.69) is 86.9 Å². The van der Waals surface area contributed by atoms with Crippen molar-refractivity contribution >= 4 is 64.8 Å². The summed E-state index contributed by atoms with van der Waals surface area (Å²) in [5.41, 5.74) is -0.755. The molecule has 5 aliphatic carbocycles. The van der Waals surface area contributed by atoms with Crippen LogP contribution in [0.3, 0.4) is 0 Å². The average Bonchev–Trinajstić information content (AvgIpc) is 1.10. The van der Waals surface area contributed by atoms with Crippen LogP contribution in [-0.2, 0) is 71.7 Å². The molecule has 8 amide bonds. The van der Waals surface area contributed by atoms with Crippen LogP contribution in [0.2, 0.25) is 0 Å². The van der Waals surface area contributed by atoms with Gasteiger partial charge >= 0.3 is 5.97 Å². The molecule has 0 radical (unpaired) electrons. The first-order valence-electron chi connectivity index (χ1n) is 47.4. The predicted molar refractivity (Wildman–Crippen MR) is 480 cm³/mol. The average molecular weight is 1740 g/mol. The molecule has 0 bridgehead atoms. The van der Waals surface area contributed by atoms with Crippen molar-refractivity contribution < 1.29 is 89.2 Å². The number of ether oxygens (including phenoxy) is 4. The zero-order valence-corrected chi connectivity index (χ0v) is 79.8. The molecule has 6 rings (SSSR count). The first-order chi connectivity index (χ1) is 57.8. The Labute approximate surface area is 732 Å². The van der Waals surface area contributed by atoms with Gasteiger partial charge in [-0.15, -0.1) is 0 Å².